The number of hydrogen-bond donors (Lipinski definition) is 1. The van der Waals surface area contributed by atoms with Gasteiger partial charge >= 0.3 is 0 Å². The fraction of sp³-hybridized carbons (Fsp3) is 0.571. The third-order valence-corrected chi connectivity index (χ3v) is 3.68. The quantitative estimate of drug-likeness (QED) is 0.841. The Hall–Kier alpha value is -1.02. The molecule has 1 aliphatic rings. The van der Waals surface area contributed by atoms with Gasteiger partial charge in [-0.05, 0) is 38.7 Å². The van der Waals surface area contributed by atoms with E-state index in [4.69, 9.17) is 0 Å². The summed E-state index contributed by atoms with van der Waals surface area (Å²) in [5.41, 5.74) is 2.19. The van der Waals surface area contributed by atoms with Crippen LogP contribution in [0.25, 0.3) is 0 Å². The van der Waals surface area contributed by atoms with Crippen LogP contribution in [0.5, 0.6) is 0 Å². The second-order valence-electron chi connectivity index (χ2n) is 4.92. The molecular formula is C14H21NO. The lowest BCUT2D eigenvalue weighted by Gasteiger charge is -2.29. The Morgan fingerprint density at radius 1 is 1.25 bits per heavy atom. The second kappa shape index (κ2) is 4.46. The summed E-state index contributed by atoms with van der Waals surface area (Å²) in [6.07, 6.45) is 2.30. The molecule has 2 nitrogen and oxygen atoms in total. The summed E-state index contributed by atoms with van der Waals surface area (Å²) in [7, 11) is 2.13. The average Bonchev–Trinajstić information content (AvgIpc) is 3.11. The van der Waals surface area contributed by atoms with Crippen molar-refractivity contribution in [2.24, 2.45) is 5.92 Å². The average molecular weight is 219 g/mol. The molecule has 2 rings (SSSR count). The van der Waals surface area contributed by atoms with Crippen LogP contribution in [-0.4, -0.2) is 18.2 Å². The standard InChI is InChI=1S/C14H21NO/c1-10(12-8-9-12)15(3)14-7-5-4-6-13(14)11(2)16/h4-7,10-12,16H,8-9H2,1-3H3/t10?,11-/m1/s1. The van der Waals surface area contributed by atoms with E-state index in [0.29, 0.717) is 6.04 Å². The van der Waals surface area contributed by atoms with E-state index in [2.05, 4.69) is 24.9 Å². The number of anilines is 1. The Morgan fingerprint density at radius 2 is 1.88 bits per heavy atom. The van der Waals surface area contributed by atoms with E-state index in [-0.39, 0.29) is 0 Å². The summed E-state index contributed by atoms with van der Waals surface area (Å²) in [4.78, 5) is 2.31. The van der Waals surface area contributed by atoms with Gasteiger partial charge in [0.25, 0.3) is 0 Å². The summed E-state index contributed by atoms with van der Waals surface area (Å²) in [6, 6.07) is 8.70. The second-order valence-corrected chi connectivity index (χ2v) is 4.92. The Balaban J connectivity index is 2.24. The highest BCUT2D eigenvalue weighted by molar-refractivity contribution is 5.54. The maximum Gasteiger partial charge on any atom is 0.0781 e. The van der Waals surface area contributed by atoms with E-state index in [1.807, 2.05) is 25.1 Å². The highest BCUT2D eigenvalue weighted by Gasteiger charge is 2.31. The minimum Gasteiger partial charge on any atom is -0.389 e. The van der Waals surface area contributed by atoms with E-state index < -0.39 is 6.10 Å². The van der Waals surface area contributed by atoms with E-state index in [0.717, 1.165) is 17.2 Å². The number of aliphatic hydroxyl groups excluding tert-OH is 1. The van der Waals surface area contributed by atoms with Crippen LogP contribution in [0.3, 0.4) is 0 Å². The van der Waals surface area contributed by atoms with Gasteiger partial charge in [-0.2, -0.15) is 0 Å². The van der Waals surface area contributed by atoms with Crippen LogP contribution in [0.4, 0.5) is 5.69 Å². The molecule has 1 unspecified atom stereocenters. The third-order valence-electron chi connectivity index (χ3n) is 3.68. The summed E-state index contributed by atoms with van der Waals surface area (Å²) >= 11 is 0. The third kappa shape index (κ3) is 2.22. The van der Waals surface area contributed by atoms with Crippen LogP contribution in [0.15, 0.2) is 24.3 Å². The molecule has 0 aromatic heterocycles. The predicted octanol–water partition coefficient (Wildman–Crippen LogP) is 2.97. The molecule has 2 heteroatoms. The largest absolute Gasteiger partial charge is 0.389 e. The Bertz CT molecular complexity index is 358. The lowest BCUT2D eigenvalue weighted by Crippen LogP contribution is -2.31. The van der Waals surface area contributed by atoms with Crippen molar-refractivity contribution in [2.75, 3.05) is 11.9 Å². The van der Waals surface area contributed by atoms with Gasteiger partial charge in [0.2, 0.25) is 0 Å². The van der Waals surface area contributed by atoms with Crippen molar-refractivity contribution < 1.29 is 5.11 Å². The molecule has 1 fully saturated rings. The molecule has 16 heavy (non-hydrogen) atoms. The molecule has 88 valence electrons. The van der Waals surface area contributed by atoms with Gasteiger partial charge in [-0.15, -0.1) is 0 Å². The van der Waals surface area contributed by atoms with Crippen molar-refractivity contribution in [3.8, 4) is 0 Å². The van der Waals surface area contributed by atoms with E-state index in [1.54, 1.807) is 0 Å². The molecule has 0 heterocycles. The number of aliphatic hydroxyl groups is 1. The van der Waals surface area contributed by atoms with Crippen molar-refractivity contribution in [1.82, 2.24) is 0 Å². The SMILES string of the molecule is CC(C1CC1)N(C)c1ccccc1[C@@H](C)O. The van der Waals surface area contributed by atoms with Gasteiger partial charge in [-0.1, -0.05) is 18.2 Å². The molecule has 1 aromatic rings. The Kier molecular flexibility index (Phi) is 3.20. The predicted molar refractivity (Wildman–Crippen MR) is 67.7 cm³/mol. The summed E-state index contributed by atoms with van der Waals surface area (Å²) in [5, 5.41) is 9.76. The van der Waals surface area contributed by atoms with Gasteiger partial charge in [0.1, 0.15) is 0 Å². The lowest BCUT2D eigenvalue weighted by atomic mass is 10.1. The first-order valence-electron chi connectivity index (χ1n) is 6.11. The van der Waals surface area contributed by atoms with E-state index in [1.165, 1.54) is 12.8 Å². The first-order valence-corrected chi connectivity index (χ1v) is 6.11. The van der Waals surface area contributed by atoms with Crippen LogP contribution in [-0.2, 0) is 0 Å². The monoisotopic (exact) mass is 219 g/mol. The summed E-state index contributed by atoms with van der Waals surface area (Å²) in [5.74, 6) is 0.840. The van der Waals surface area contributed by atoms with Gasteiger partial charge in [0.15, 0.2) is 0 Å². The van der Waals surface area contributed by atoms with Crippen molar-refractivity contribution in [3.63, 3.8) is 0 Å². The van der Waals surface area contributed by atoms with Gasteiger partial charge in [-0.25, -0.2) is 0 Å². The van der Waals surface area contributed by atoms with Crippen molar-refractivity contribution in [2.45, 2.75) is 38.8 Å². The lowest BCUT2D eigenvalue weighted by molar-refractivity contribution is 0.199. The molecule has 0 saturated heterocycles. The first kappa shape index (κ1) is 11.5. The van der Waals surface area contributed by atoms with Gasteiger partial charge in [0.05, 0.1) is 6.10 Å². The number of rotatable bonds is 4. The van der Waals surface area contributed by atoms with Crippen LogP contribution in [0.2, 0.25) is 0 Å². The van der Waals surface area contributed by atoms with Crippen LogP contribution < -0.4 is 4.90 Å². The number of para-hydroxylation sites is 1. The van der Waals surface area contributed by atoms with Gasteiger partial charge < -0.3 is 10.0 Å². The molecule has 0 aliphatic heterocycles. The molecule has 1 saturated carbocycles. The zero-order chi connectivity index (χ0) is 11.7. The fourth-order valence-electron chi connectivity index (χ4n) is 2.28. The molecule has 2 atom stereocenters. The first-order chi connectivity index (χ1) is 7.61. The van der Waals surface area contributed by atoms with Crippen LogP contribution >= 0.6 is 0 Å². The number of hydrogen-bond acceptors (Lipinski definition) is 2. The molecule has 1 N–H and O–H groups in total. The van der Waals surface area contributed by atoms with Crippen LogP contribution in [0.1, 0.15) is 38.4 Å². The molecular weight excluding hydrogens is 198 g/mol. The maximum absolute atomic E-state index is 9.76. The van der Waals surface area contributed by atoms with Crippen molar-refractivity contribution in [3.05, 3.63) is 29.8 Å². The molecule has 1 aromatic carbocycles. The molecule has 0 radical (unpaired) electrons. The van der Waals surface area contributed by atoms with Gasteiger partial charge in [-0.3, -0.25) is 0 Å². The number of benzene rings is 1. The van der Waals surface area contributed by atoms with E-state index >= 15 is 0 Å². The molecule has 1 aliphatic carbocycles. The summed E-state index contributed by atoms with van der Waals surface area (Å²) < 4.78 is 0. The minimum absolute atomic E-state index is 0.398. The molecule has 0 spiro atoms. The Labute approximate surface area is 97.9 Å². The summed E-state index contributed by atoms with van der Waals surface area (Å²) in [6.45, 7) is 4.10. The fourth-order valence-corrected chi connectivity index (χ4v) is 2.28. The highest BCUT2D eigenvalue weighted by atomic mass is 16.3. The topological polar surface area (TPSA) is 23.5 Å². The smallest absolute Gasteiger partial charge is 0.0781 e. The highest BCUT2D eigenvalue weighted by Crippen LogP contribution is 2.37. The van der Waals surface area contributed by atoms with Crippen LogP contribution in [0, 0.1) is 5.92 Å². The maximum atomic E-state index is 9.76. The van der Waals surface area contributed by atoms with Crippen molar-refractivity contribution >= 4 is 5.69 Å². The normalized spacial score (nSPS) is 19.2. The zero-order valence-corrected chi connectivity index (χ0v) is 10.4. The zero-order valence-electron chi connectivity index (χ0n) is 10.4. The molecule has 0 amide bonds. The van der Waals surface area contributed by atoms with Crippen molar-refractivity contribution in [1.29, 1.82) is 0 Å². The van der Waals surface area contributed by atoms with Gasteiger partial charge in [0, 0.05) is 24.3 Å². The molecule has 0 bridgehead atoms. The Morgan fingerprint density at radius 3 is 2.44 bits per heavy atom. The minimum atomic E-state index is -0.398. The number of nitrogens with zero attached hydrogens (tertiary/aromatic N) is 1. The van der Waals surface area contributed by atoms with E-state index in [9.17, 15) is 5.11 Å².